The fourth-order valence-corrected chi connectivity index (χ4v) is 4.87. The van der Waals surface area contributed by atoms with Crippen LogP contribution in [0.4, 0.5) is 4.79 Å². The first-order valence-corrected chi connectivity index (χ1v) is 10.5. The molecule has 2 aromatic carbocycles. The highest BCUT2D eigenvalue weighted by Crippen LogP contribution is 2.46. The van der Waals surface area contributed by atoms with Gasteiger partial charge in [-0.15, -0.1) is 0 Å². The summed E-state index contributed by atoms with van der Waals surface area (Å²) in [7, 11) is 1.63. The van der Waals surface area contributed by atoms with E-state index in [0.29, 0.717) is 18.7 Å². The molecule has 0 bridgehead atoms. The molecule has 6 heteroatoms. The minimum atomic E-state index is -0.490. The smallest absolute Gasteiger partial charge is 0.328 e. The fraction of sp³-hybridized carbons (Fsp3) is 0.333. The SMILES string of the molecule is CCCCN1C(=O)[C@@H]2Cc3c([nH]c4ccccc34)[C@@H](c3ccccc3OC)N2C1=O. The predicted molar refractivity (Wildman–Crippen MR) is 114 cm³/mol. The molecule has 1 aromatic heterocycles. The van der Waals surface area contributed by atoms with Gasteiger partial charge in [-0.2, -0.15) is 0 Å². The van der Waals surface area contributed by atoms with Gasteiger partial charge in [0, 0.05) is 35.1 Å². The number of aromatic amines is 1. The predicted octanol–water partition coefficient (Wildman–Crippen LogP) is 4.25. The van der Waals surface area contributed by atoms with Gasteiger partial charge in [-0.3, -0.25) is 14.6 Å². The summed E-state index contributed by atoms with van der Waals surface area (Å²) in [6.45, 7) is 2.53. The van der Waals surface area contributed by atoms with Gasteiger partial charge in [-0.25, -0.2) is 4.79 Å². The van der Waals surface area contributed by atoms with Crippen LogP contribution in [0.3, 0.4) is 0 Å². The lowest BCUT2D eigenvalue weighted by Gasteiger charge is -2.36. The quantitative estimate of drug-likeness (QED) is 0.648. The van der Waals surface area contributed by atoms with E-state index in [0.717, 1.165) is 40.6 Å². The number of hydrogen-bond donors (Lipinski definition) is 1. The van der Waals surface area contributed by atoms with E-state index in [1.165, 1.54) is 4.90 Å². The van der Waals surface area contributed by atoms with Crippen LogP contribution in [0.2, 0.25) is 0 Å². The highest BCUT2D eigenvalue weighted by Gasteiger charge is 2.52. The van der Waals surface area contributed by atoms with Crippen molar-refractivity contribution >= 4 is 22.8 Å². The van der Waals surface area contributed by atoms with Crippen molar-refractivity contribution in [2.75, 3.05) is 13.7 Å². The Balaban J connectivity index is 1.71. The summed E-state index contributed by atoms with van der Waals surface area (Å²) < 4.78 is 5.64. The highest BCUT2D eigenvalue weighted by atomic mass is 16.5. The number of methoxy groups -OCH3 is 1. The van der Waals surface area contributed by atoms with E-state index in [4.69, 9.17) is 4.74 Å². The molecule has 2 atom stereocenters. The van der Waals surface area contributed by atoms with Crippen molar-refractivity contribution in [3.8, 4) is 5.75 Å². The topological polar surface area (TPSA) is 65.6 Å². The molecule has 0 radical (unpaired) electrons. The number of benzene rings is 2. The Morgan fingerprint density at radius 1 is 1.10 bits per heavy atom. The molecule has 154 valence electrons. The number of fused-ring (bicyclic) bond motifs is 4. The van der Waals surface area contributed by atoms with E-state index in [1.807, 2.05) is 42.5 Å². The summed E-state index contributed by atoms with van der Waals surface area (Å²) in [4.78, 5) is 33.5. The zero-order valence-electron chi connectivity index (χ0n) is 17.2. The van der Waals surface area contributed by atoms with Crippen molar-refractivity contribution in [2.24, 2.45) is 0 Å². The minimum Gasteiger partial charge on any atom is -0.496 e. The third-order valence-electron chi connectivity index (χ3n) is 6.30. The first-order valence-electron chi connectivity index (χ1n) is 10.5. The molecule has 0 unspecified atom stereocenters. The van der Waals surface area contributed by atoms with Crippen LogP contribution in [-0.2, 0) is 11.2 Å². The number of imide groups is 1. The molecule has 2 aliphatic rings. The van der Waals surface area contributed by atoms with E-state index in [9.17, 15) is 9.59 Å². The molecule has 3 heterocycles. The van der Waals surface area contributed by atoms with Gasteiger partial charge in [-0.1, -0.05) is 49.7 Å². The lowest BCUT2D eigenvalue weighted by Crippen LogP contribution is -2.44. The summed E-state index contributed by atoms with van der Waals surface area (Å²) in [6.07, 6.45) is 2.27. The Kier molecular flexibility index (Phi) is 4.50. The maximum Gasteiger partial charge on any atom is 0.328 e. The van der Waals surface area contributed by atoms with Gasteiger partial charge < -0.3 is 9.72 Å². The number of unbranched alkanes of at least 4 members (excludes halogenated alkanes) is 1. The number of nitrogens with one attached hydrogen (secondary N) is 1. The van der Waals surface area contributed by atoms with E-state index < -0.39 is 12.1 Å². The van der Waals surface area contributed by atoms with Crippen LogP contribution in [0.25, 0.3) is 10.9 Å². The van der Waals surface area contributed by atoms with Gasteiger partial charge in [0.25, 0.3) is 5.91 Å². The zero-order valence-corrected chi connectivity index (χ0v) is 17.2. The summed E-state index contributed by atoms with van der Waals surface area (Å²) >= 11 is 0. The van der Waals surface area contributed by atoms with Crippen molar-refractivity contribution in [3.63, 3.8) is 0 Å². The van der Waals surface area contributed by atoms with E-state index >= 15 is 0 Å². The molecule has 3 amide bonds. The number of H-pyrrole nitrogens is 1. The van der Waals surface area contributed by atoms with Crippen LogP contribution >= 0.6 is 0 Å². The molecule has 6 nitrogen and oxygen atoms in total. The highest BCUT2D eigenvalue weighted by molar-refractivity contribution is 6.05. The molecule has 5 rings (SSSR count). The fourth-order valence-electron chi connectivity index (χ4n) is 4.87. The standard InChI is InChI=1S/C24H25N3O3/c1-3-4-13-26-23(28)19-14-17-15-9-5-7-11-18(15)25-21(17)22(27(19)24(26)29)16-10-6-8-12-20(16)30-2/h5-12,19,22,25H,3-4,13-14H2,1-2H3/t19-,22+/m0/s1. The third kappa shape index (κ3) is 2.63. The van der Waals surface area contributed by atoms with Gasteiger partial charge in [0.1, 0.15) is 17.8 Å². The molecule has 3 aromatic rings. The Morgan fingerprint density at radius 2 is 1.87 bits per heavy atom. The number of urea groups is 1. The Hall–Kier alpha value is -3.28. The van der Waals surface area contributed by atoms with Gasteiger partial charge >= 0.3 is 6.03 Å². The van der Waals surface area contributed by atoms with Gasteiger partial charge in [0.2, 0.25) is 0 Å². The second-order valence-corrected chi connectivity index (χ2v) is 7.96. The molecule has 1 fully saturated rings. The van der Waals surface area contributed by atoms with Gasteiger partial charge in [-0.05, 0) is 24.1 Å². The monoisotopic (exact) mass is 403 g/mol. The first kappa shape index (κ1) is 18.7. The molecule has 0 saturated carbocycles. The van der Waals surface area contributed by atoms with E-state index in [2.05, 4.69) is 18.0 Å². The maximum absolute atomic E-state index is 13.4. The third-order valence-corrected chi connectivity index (χ3v) is 6.30. The number of hydrogen-bond acceptors (Lipinski definition) is 3. The van der Waals surface area contributed by atoms with Crippen molar-refractivity contribution in [2.45, 2.75) is 38.3 Å². The number of para-hydroxylation sites is 2. The average Bonchev–Trinajstić information content (AvgIpc) is 3.26. The van der Waals surface area contributed by atoms with E-state index in [-0.39, 0.29) is 11.9 Å². The number of carbonyl (C=O) groups excluding carboxylic acids is 2. The van der Waals surface area contributed by atoms with Crippen molar-refractivity contribution in [3.05, 3.63) is 65.4 Å². The summed E-state index contributed by atoms with van der Waals surface area (Å²) in [5.41, 5.74) is 3.99. The number of aromatic nitrogens is 1. The summed E-state index contributed by atoms with van der Waals surface area (Å²) in [6, 6.07) is 14.8. The second-order valence-electron chi connectivity index (χ2n) is 7.96. The zero-order chi connectivity index (χ0) is 20.8. The van der Waals surface area contributed by atoms with Crippen LogP contribution in [0, 0.1) is 0 Å². The largest absolute Gasteiger partial charge is 0.496 e. The van der Waals surface area contributed by atoms with Crippen molar-refractivity contribution in [1.29, 1.82) is 0 Å². The number of ether oxygens (including phenoxy) is 1. The van der Waals surface area contributed by atoms with E-state index in [1.54, 1.807) is 12.0 Å². The lowest BCUT2D eigenvalue weighted by atomic mass is 9.88. The molecule has 2 aliphatic heterocycles. The molecule has 1 N–H and O–H groups in total. The van der Waals surface area contributed by atoms with Crippen LogP contribution in [0.15, 0.2) is 48.5 Å². The molecular formula is C24H25N3O3. The Labute approximate surface area is 175 Å². The molecule has 30 heavy (non-hydrogen) atoms. The van der Waals surface area contributed by atoms with Crippen LogP contribution in [0.5, 0.6) is 5.75 Å². The van der Waals surface area contributed by atoms with Gasteiger partial charge in [0.05, 0.1) is 7.11 Å². The average molecular weight is 403 g/mol. The number of amides is 3. The van der Waals surface area contributed by atoms with Crippen LogP contribution in [-0.4, -0.2) is 46.4 Å². The number of carbonyl (C=O) groups is 2. The maximum atomic E-state index is 13.4. The number of rotatable bonds is 5. The van der Waals surface area contributed by atoms with Crippen LogP contribution < -0.4 is 4.74 Å². The Morgan fingerprint density at radius 3 is 2.67 bits per heavy atom. The molecule has 1 saturated heterocycles. The lowest BCUT2D eigenvalue weighted by molar-refractivity contribution is -0.128. The second kappa shape index (κ2) is 7.20. The first-order chi connectivity index (χ1) is 14.7. The van der Waals surface area contributed by atoms with Crippen molar-refractivity contribution in [1.82, 2.24) is 14.8 Å². The number of nitrogens with zero attached hydrogens (tertiary/aromatic N) is 2. The summed E-state index contributed by atoms with van der Waals surface area (Å²) in [5.74, 6) is 0.615. The van der Waals surface area contributed by atoms with Crippen LogP contribution in [0.1, 0.15) is 42.6 Å². The molecular weight excluding hydrogens is 378 g/mol. The normalized spacial score (nSPS) is 20.6. The molecule has 0 aliphatic carbocycles. The Bertz CT molecular complexity index is 1140. The molecule has 0 spiro atoms. The van der Waals surface area contributed by atoms with Gasteiger partial charge in [0.15, 0.2) is 0 Å². The summed E-state index contributed by atoms with van der Waals surface area (Å²) in [5, 5.41) is 1.11. The van der Waals surface area contributed by atoms with Crippen molar-refractivity contribution < 1.29 is 14.3 Å². The minimum absolute atomic E-state index is 0.0933.